The third-order valence-electron chi connectivity index (χ3n) is 5.37. The van der Waals surface area contributed by atoms with E-state index in [1.54, 1.807) is 0 Å². The van der Waals surface area contributed by atoms with Crippen LogP contribution in [0.15, 0.2) is 0 Å². The van der Waals surface area contributed by atoms with E-state index in [0.717, 1.165) is 25.6 Å². The number of nitrogens with two attached hydrogens (primary N) is 1. The Hall–Kier alpha value is -0.120. The summed E-state index contributed by atoms with van der Waals surface area (Å²) in [4.78, 5) is 2.72. The summed E-state index contributed by atoms with van der Waals surface area (Å²) in [7, 11) is 0. The second-order valence-electron chi connectivity index (χ2n) is 6.82. The first-order valence-electron chi connectivity index (χ1n) is 8.19. The van der Waals surface area contributed by atoms with Crippen LogP contribution in [0.3, 0.4) is 0 Å². The molecule has 1 aliphatic carbocycles. The van der Waals surface area contributed by atoms with Gasteiger partial charge in [-0.2, -0.15) is 0 Å². The summed E-state index contributed by atoms with van der Waals surface area (Å²) in [6.45, 7) is 9.62. The van der Waals surface area contributed by atoms with Gasteiger partial charge in [0.1, 0.15) is 0 Å². The Labute approximate surface area is 118 Å². The van der Waals surface area contributed by atoms with E-state index in [4.69, 9.17) is 10.5 Å². The Kier molecular flexibility index (Phi) is 5.27. The molecule has 1 aliphatic heterocycles. The maximum absolute atomic E-state index is 6.26. The highest BCUT2D eigenvalue weighted by Crippen LogP contribution is 2.37. The molecule has 0 aromatic carbocycles. The molecule has 2 fully saturated rings. The minimum atomic E-state index is 0.240. The number of ether oxygens (including phenoxy) is 1. The standard InChI is InChI=1S/C16H32N2O/c1-4-15-11-19-14(3)10-18(15)16(12-17)8-5-6-13(2)7-9-16/h13-15H,4-12,17H2,1-3H3. The monoisotopic (exact) mass is 268 g/mol. The highest BCUT2D eigenvalue weighted by molar-refractivity contribution is 4.98. The molecule has 0 spiro atoms. The van der Waals surface area contributed by atoms with Crippen molar-refractivity contribution in [1.82, 2.24) is 4.90 Å². The lowest BCUT2D eigenvalue weighted by molar-refractivity contribution is -0.103. The van der Waals surface area contributed by atoms with Gasteiger partial charge in [0, 0.05) is 24.7 Å². The van der Waals surface area contributed by atoms with E-state index in [0.29, 0.717) is 12.1 Å². The zero-order chi connectivity index (χ0) is 13.9. The lowest BCUT2D eigenvalue weighted by Crippen LogP contribution is -2.62. The van der Waals surface area contributed by atoms with Crippen molar-refractivity contribution in [3.05, 3.63) is 0 Å². The molecule has 2 rings (SSSR count). The minimum absolute atomic E-state index is 0.240. The van der Waals surface area contributed by atoms with Crippen molar-refractivity contribution in [1.29, 1.82) is 0 Å². The molecule has 0 radical (unpaired) electrons. The number of nitrogens with zero attached hydrogens (tertiary/aromatic N) is 1. The van der Waals surface area contributed by atoms with Gasteiger partial charge in [-0.1, -0.05) is 26.7 Å². The predicted molar refractivity (Wildman–Crippen MR) is 80.2 cm³/mol. The SMILES string of the molecule is CCC1COC(C)CN1C1(CN)CCCC(C)CC1. The number of morpholine rings is 1. The van der Waals surface area contributed by atoms with Gasteiger partial charge in [0.05, 0.1) is 12.7 Å². The summed E-state index contributed by atoms with van der Waals surface area (Å²) in [6.07, 6.45) is 8.11. The Morgan fingerprint density at radius 1 is 1.26 bits per heavy atom. The van der Waals surface area contributed by atoms with E-state index in [-0.39, 0.29) is 5.54 Å². The molecule has 3 heteroatoms. The van der Waals surface area contributed by atoms with Crippen molar-refractivity contribution in [2.45, 2.75) is 77.0 Å². The second kappa shape index (κ2) is 6.55. The van der Waals surface area contributed by atoms with Crippen molar-refractivity contribution < 1.29 is 4.74 Å². The maximum Gasteiger partial charge on any atom is 0.0675 e. The van der Waals surface area contributed by atoms with E-state index in [2.05, 4.69) is 25.7 Å². The second-order valence-corrected chi connectivity index (χ2v) is 6.82. The van der Waals surface area contributed by atoms with Gasteiger partial charge in [-0.05, 0) is 38.5 Å². The summed E-state index contributed by atoms with van der Waals surface area (Å²) in [5.74, 6) is 0.868. The smallest absolute Gasteiger partial charge is 0.0675 e. The first-order valence-corrected chi connectivity index (χ1v) is 8.19. The molecule has 19 heavy (non-hydrogen) atoms. The fourth-order valence-corrected chi connectivity index (χ4v) is 3.94. The van der Waals surface area contributed by atoms with Crippen LogP contribution in [-0.2, 0) is 4.74 Å². The minimum Gasteiger partial charge on any atom is -0.376 e. The molecular formula is C16H32N2O. The maximum atomic E-state index is 6.26. The van der Waals surface area contributed by atoms with E-state index in [1.165, 1.54) is 38.5 Å². The molecule has 0 bridgehead atoms. The normalized spacial score (nSPS) is 42.0. The third kappa shape index (κ3) is 3.32. The van der Waals surface area contributed by atoms with Gasteiger partial charge in [-0.25, -0.2) is 0 Å². The Morgan fingerprint density at radius 2 is 2.05 bits per heavy atom. The van der Waals surface area contributed by atoms with Gasteiger partial charge in [0.15, 0.2) is 0 Å². The molecule has 4 atom stereocenters. The fourth-order valence-electron chi connectivity index (χ4n) is 3.94. The highest BCUT2D eigenvalue weighted by Gasteiger charge is 2.42. The van der Waals surface area contributed by atoms with Crippen molar-refractivity contribution in [2.75, 3.05) is 19.7 Å². The van der Waals surface area contributed by atoms with E-state index >= 15 is 0 Å². The van der Waals surface area contributed by atoms with Crippen LogP contribution in [0.1, 0.15) is 59.3 Å². The molecule has 1 heterocycles. The van der Waals surface area contributed by atoms with Crippen molar-refractivity contribution in [3.8, 4) is 0 Å². The quantitative estimate of drug-likeness (QED) is 0.800. The first kappa shape index (κ1) is 15.3. The van der Waals surface area contributed by atoms with Crippen LogP contribution in [0.2, 0.25) is 0 Å². The van der Waals surface area contributed by atoms with Crippen molar-refractivity contribution in [3.63, 3.8) is 0 Å². The van der Waals surface area contributed by atoms with Crippen LogP contribution in [0.4, 0.5) is 0 Å². The van der Waals surface area contributed by atoms with Gasteiger partial charge >= 0.3 is 0 Å². The van der Waals surface area contributed by atoms with Crippen molar-refractivity contribution >= 4 is 0 Å². The molecule has 2 N–H and O–H groups in total. The average Bonchev–Trinajstić information content (AvgIpc) is 2.61. The number of hydrogen-bond donors (Lipinski definition) is 1. The molecule has 3 nitrogen and oxygen atoms in total. The van der Waals surface area contributed by atoms with E-state index in [9.17, 15) is 0 Å². The lowest BCUT2D eigenvalue weighted by atomic mass is 9.85. The molecule has 2 aliphatic rings. The number of hydrogen-bond acceptors (Lipinski definition) is 3. The van der Waals surface area contributed by atoms with E-state index in [1.807, 2.05) is 0 Å². The van der Waals surface area contributed by atoms with Crippen LogP contribution in [0, 0.1) is 5.92 Å². The summed E-state index contributed by atoms with van der Waals surface area (Å²) < 4.78 is 5.86. The van der Waals surface area contributed by atoms with Gasteiger partial charge in [0.2, 0.25) is 0 Å². The first-order chi connectivity index (χ1) is 9.11. The summed E-state index contributed by atoms with van der Waals surface area (Å²) >= 11 is 0. The van der Waals surface area contributed by atoms with Gasteiger partial charge < -0.3 is 10.5 Å². The highest BCUT2D eigenvalue weighted by atomic mass is 16.5. The molecule has 1 saturated heterocycles. The summed E-state index contributed by atoms with van der Waals surface area (Å²) in [5.41, 5.74) is 6.50. The lowest BCUT2D eigenvalue weighted by Gasteiger charge is -2.51. The van der Waals surface area contributed by atoms with Crippen LogP contribution in [0.5, 0.6) is 0 Å². The fraction of sp³-hybridized carbons (Fsp3) is 1.00. The summed E-state index contributed by atoms with van der Waals surface area (Å²) in [5, 5.41) is 0. The Morgan fingerprint density at radius 3 is 2.74 bits per heavy atom. The number of rotatable bonds is 3. The predicted octanol–water partition coefficient (Wildman–Crippen LogP) is 2.78. The molecule has 0 aromatic heterocycles. The Balaban J connectivity index is 2.17. The molecule has 0 aromatic rings. The molecule has 112 valence electrons. The molecule has 1 saturated carbocycles. The Bertz CT molecular complexity index is 284. The molecule has 0 amide bonds. The van der Waals surface area contributed by atoms with Crippen LogP contribution in [0.25, 0.3) is 0 Å². The van der Waals surface area contributed by atoms with Gasteiger partial charge in [-0.15, -0.1) is 0 Å². The van der Waals surface area contributed by atoms with Crippen LogP contribution < -0.4 is 5.73 Å². The van der Waals surface area contributed by atoms with Crippen LogP contribution >= 0.6 is 0 Å². The zero-order valence-corrected chi connectivity index (χ0v) is 13.0. The average molecular weight is 268 g/mol. The van der Waals surface area contributed by atoms with Crippen LogP contribution in [-0.4, -0.2) is 42.3 Å². The molecular weight excluding hydrogens is 236 g/mol. The topological polar surface area (TPSA) is 38.5 Å². The molecule has 4 unspecified atom stereocenters. The largest absolute Gasteiger partial charge is 0.376 e. The zero-order valence-electron chi connectivity index (χ0n) is 13.0. The van der Waals surface area contributed by atoms with Gasteiger partial charge in [-0.3, -0.25) is 4.90 Å². The summed E-state index contributed by atoms with van der Waals surface area (Å²) in [6, 6.07) is 0.563. The van der Waals surface area contributed by atoms with Crippen molar-refractivity contribution in [2.24, 2.45) is 11.7 Å². The van der Waals surface area contributed by atoms with Gasteiger partial charge in [0.25, 0.3) is 0 Å². The third-order valence-corrected chi connectivity index (χ3v) is 5.37. The van der Waals surface area contributed by atoms with E-state index < -0.39 is 0 Å².